The molecule has 0 saturated carbocycles. The molecule has 0 aromatic carbocycles. The highest BCUT2D eigenvalue weighted by Gasteiger charge is 2.39. The van der Waals surface area contributed by atoms with E-state index in [1.54, 1.807) is 27.7 Å². The maximum atomic E-state index is 14.9. The topological polar surface area (TPSA) is 615 Å². The monoisotopic (exact) mass is 1690 g/mol. The predicted molar refractivity (Wildman–Crippen MR) is 459 cm³/mol. The molecule has 0 heterocycles. The Balaban J connectivity index is 7.42. The summed E-state index contributed by atoms with van der Waals surface area (Å²) in [4.78, 5) is 212. The molecule has 14 atom stereocenters. The van der Waals surface area contributed by atoms with Gasteiger partial charge in [-0.3, -0.25) is 71.9 Å². The number of unbranched alkanes of at least 4 members (excludes halogenated alkanes) is 5. The number of hydrogen-bond donors (Lipinski definition) is 21. The van der Waals surface area contributed by atoms with Crippen LogP contribution in [-0.4, -0.2) is 211 Å². The Labute approximate surface area is 707 Å². The molecule has 686 valence electrons. The second kappa shape index (κ2) is 61.2. The van der Waals surface area contributed by atoms with Crippen molar-refractivity contribution in [2.45, 2.75) is 356 Å². The molecule has 0 aromatic heterocycles. The lowest BCUT2D eigenvalue weighted by Crippen LogP contribution is -2.61. The van der Waals surface area contributed by atoms with Crippen LogP contribution in [0.4, 0.5) is 0 Å². The standard InChI is InChI=1S/C83H158N20O16/c1-47(2)39-55(89)71(107)98-63(41-49(5)6)78(114)96-61(32-33-69(104)105)77(113)93-60(31-21-26-38-88)76(112)101-68(46-54(15)16)83(119)103-65(43-51(9)10)80(116)95-57(28-18-23-35-85)73(109)92-59(30-20-25-37-87)75(111)100-67(45-53(13)14)82(118)102-64(42-50(7)8)79(115)94-56(27-17-22-34-84)72(108)91-58(29-19-24-36-86)74(110)99-66(44-52(11)12)81(117)97-62(70(90)106)40-48(3)4/h47-68H,17-46,84-89H2,1-16H3,(H2,90,106)(H,91,108)(H,92,109)(H,93,113)(H,94,115)(H,95,116)(H,96,114)(H,97,117)(H,98,107)(H,99,110)(H,100,111)(H,101,112)(H,102,118)(H,103,119)(H,104,105)/t55-,56-,57-,58-,59-,60-,61-,62-,63-,64-,65-,66-,67-,68-/m0/s1. The zero-order valence-corrected chi connectivity index (χ0v) is 74.5. The molecule has 0 rings (SSSR count). The SMILES string of the molecule is CC(C)C[C@H](NC(=O)[C@H](CC(C)C)NC(=O)[C@H](CCCCN)NC(=O)[C@H](CCCCN)NC(=O)[C@H](CC(C)C)NC(=O)[C@H](CC(C)C)NC(=O)[C@H](CCCCN)NC(=O)[C@H](CCCCN)NC(=O)[C@H](CC(C)C)NC(=O)[C@H](CC(C)C)NC(=O)[C@H](CCCCN)NC(=O)[C@H](CCC(=O)O)NC(=O)[C@H](CC(C)C)NC(=O)[C@@H](N)CC(C)C)C(N)=O. The van der Waals surface area contributed by atoms with Crippen LogP contribution in [0.15, 0.2) is 0 Å². The zero-order chi connectivity index (χ0) is 90.8. The van der Waals surface area contributed by atoms with Crippen molar-refractivity contribution in [1.82, 2.24) is 69.1 Å². The second-order valence-electron chi connectivity index (χ2n) is 35.2. The van der Waals surface area contributed by atoms with Crippen molar-refractivity contribution in [2.24, 2.45) is 87.5 Å². The van der Waals surface area contributed by atoms with Crippen LogP contribution in [0.2, 0.25) is 0 Å². The molecule has 36 heteroatoms. The number of hydrogen-bond acceptors (Lipinski definition) is 21. The Morgan fingerprint density at radius 1 is 0.218 bits per heavy atom. The van der Waals surface area contributed by atoms with Crippen molar-refractivity contribution < 1.29 is 77.0 Å². The van der Waals surface area contributed by atoms with E-state index in [1.165, 1.54) is 0 Å². The van der Waals surface area contributed by atoms with Crippen LogP contribution in [-0.2, 0) is 71.9 Å². The van der Waals surface area contributed by atoms with Gasteiger partial charge < -0.3 is 114 Å². The maximum Gasteiger partial charge on any atom is 0.303 e. The van der Waals surface area contributed by atoms with E-state index in [1.807, 2.05) is 83.1 Å². The maximum absolute atomic E-state index is 14.9. The number of carbonyl (C=O) groups excluding carboxylic acids is 14. The molecule has 0 saturated heterocycles. The Morgan fingerprint density at radius 2 is 0.370 bits per heavy atom. The number of carbonyl (C=O) groups is 15. The fraction of sp³-hybridized carbons (Fsp3) is 0.819. The van der Waals surface area contributed by atoms with Crippen molar-refractivity contribution in [3.8, 4) is 0 Å². The highest BCUT2D eigenvalue weighted by Crippen LogP contribution is 2.19. The van der Waals surface area contributed by atoms with Gasteiger partial charge in [0.25, 0.3) is 0 Å². The van der Waals surface area contributed by atoms with Gasteiger partial charge in [-0.05, 0) is 234 Å². The second-order valence-corrected chi connectivity index (χ2v) is 35.2. The third kappa shape index (κ3) is 48.7. The first kappa shape index (κ1) is 111. The average molecular weight is 1690 g/mol. The molecule has 0 radical (unpaired) electrons. The van der Waals surface area contributed by atoms with Gasteiger partial charge in [-0.1, -0.05) is 111 Å². The lowest BCUT2D eigenvalue weighted by Gasteiger charge is -2.30. The first-order chi connectivity index (χ1) is 55.8. The van der Waals surface area contributed by atoms with Gasteiger partial charge in [0.05, 0.1) is 6.04 Å². The van der Waals surface area contributed by atoms with Gasteiger partial charge in [0.1, 0.15) is 78.5 Å². The number of amides is 14. The van der Waals surface area contributed by atoms with Crippen molar-refractivity contribution in [1.29, 1.82) is 0 Å². The lowest BCUT2D eigenvalue weighted by atomic mass is 9.98. The smallest absolute Gasteiger partial charge is 0.303 e. The summed E-state index contributed by atoms with van der Waals surface area (Å²) in [5.41, 5.74) is 41.3. The average Bonchev–Trinajstić information content (AvgIpc) is 0.859. The first-order valence-corrected chi connectivity index (χ1v) is 43.6. The fourth-order valence-electron chi connectivity index (χ4n) is 13.4. The van der Waals surface area contributed by atoms with Crippen molar-refractivity contribution >= 4 is 88.7 Å². The van der Waals surface area contributed by atoms with E-state index in [4.69, 9.17) is 40.1 Å². The summed E-state index contributed by atoms with van der Waals surface area (Å²) in [5.74, 6) is -13.0. The molecule has 0 aliphatic rings. The van der Waals surface area contributed by atoms with E-state index < -0.39 is 186 Å². The largest absolute Gasteiger partial charge is 0.481 e. The molecule has 0 aliphatic heterocycles. The van der Waals surface area contributed by atoms with E-state index in [-0.39, 0.29) is 157 Å². The highest BCUT2D eigenvalue weighted by atomic mass is 16.4. The van der Waals surface area contributed by atoms with Crippen LogP contribution < -0.4 is 109 Å². The molecule has 28 N–H and O–H groups in total. The van der Waals surface area contributed by atoms with Crippen molar-refractivity contribution in [3.05, 3.63) is 0 Å². The molecule has 0 unspecified atom stereocenters. The number of nitrogens with one attached hydrogen (secondary N) is 13. The number of carboxylic acids is 1. The quantitative estimate of drug-likeness (QED) is 0.0377. The van der Waals surface area contributed by atoms with E-state index in [0.29, 0.717) is 70.6 Å². The van der Waals surface area contributed by atoms with E-state index >= 15 is 0 Å². The number of aliphatic carboxylic acids is 1. The highest BCUT2D eigenvalue weighted by molar-refractivity contribution is 6.00. The first-order valence-electron chi connectivity index (χ1n) is 43.6. The van der Waals surface area contributed by atoms with E-state index in [9.17, 15) is 77.0 Å². The summed E-state index contributed by atoms with van der Waals surface area (Å²) in [6.07, 6.45) is 4.13. The summed E-state index contributed by atoms with van der Waals surface area (Å²) in [7, 11) is 0. The summed E-state index contributed by atoms with van der Waals surface area (Å²) >= 11 is 0. The van der Waals surface area contributed by atoms with Crippen molar-refractivity contribution in [3.63, 3.8) is 0 Å². The molecule has 119 heavy (non-hydrogen) atoms. The summed E-state index contributed by atoms with van der Waals surface area (Å²) in [6.45, 7) is 30.5. The molecule has 0 spiro atoms. The summed E-state index contributed by atoms with van der Waals surface area (Å²) in [5, 5.41) is 45.6. The number of carboxylic acid groups (broad SMARTS) is 1. The Bertz CT molecular complexity index is 3100. The van der Waals surface area contributed by atoms with Gasteiger partial charge in [-0.25, -0.2) is 0 Å². The summed E-state index contributed by atoms with van der Waals surface area (Å²) < 4.78 is 0. The molecule has 0 aliphatic carbocycles. The van der Waals surface area contributed by atoms with Crippen LogP contribution in [0.1, 0.15) is 271 Å². The van der Waals surface area contributed by atoms with Crippen LogP contribution in [0.25, 0.3) is 0 Å². The minimum absolute atomic E-state index is 0.00277. The van der Waals surface area contributed by atoms with Crippen LogP contribution in [0.3, 0.4) is 0 Å². The van der Waals surface area contributed by atoms with Gasteiger partial charge >= 0.3 is 5.97 Å². The van der Waals surface area contributed by atoms with Crippen molar-refractivity contribution in [2.75, 3.05) is 32.7 Å². The Kier molecular flexibility index (Phi) is 56.9. The van der Waals surface area contributed by atoms with Gasteiger partial charge in [0.15, 0.2) is 0 Å². The Morgan fingerprint density at radius 3 is 0.538 bits per heavy atom. The van der Waals surface area contributed by atoms with Gasteiger partial charge in [0, 0.05) is 6.42 Å². The lowest BCUT2D eigenvalue weighted by molar-refractivity contribution is -0.139. The van der Waals surface area contributed by atoms with Gasteiger partial charge in [-0.15, -0.1) is 0 Å². The predicted octanol–water partition coefficient (Wildman–Crippen LogP) is 0.980. The van der Waals surface area contributed by atoms with E-state index in [0.717, 1.165) is 0 Å². The molecular formula is C83H158N20O16. The van der Waals surface area contributed by atoms with Gasteiger partial charge in [-0.2, -0.15) is 0 Å². The fourth-order valence-corrected chi connectivity index (χ4v) is 13.4. The Hall–Kier alpha value is -8.19. The zero-order valence-electron chi connectivity index (χ0n) is 74.5. The van der Waals surface area contributed by atoms with E-state index in [2.05, 4.69) is 69.1 Å². The van der Waals surface area contributed by atoms with Crippen LogP contribution >= 0.6 is 0 Å². The molecular weight excluding hydrogens is 1530 g/mol. The number of nitrogens with two attached hydrogens (primary N) is 7. The van der Waals surface area contributed by atoms with Crippen LogP contribution in [0.5, 0.6) is 0 Å². The third-order valence-corrected chi connectivity index (χ3v) is 19.6. The molecule has 0 bridgehead atoms. The number of rotatable bonds is 66. The molecule has 0 aromatic rings. The molecule has 36 nitrogen and oxygen atoms in total. The van der Waals surface area contributed by atoms with Gasteiger partial charge in [0.2, 0.25) is 82.7 Å². The molecule has 0 fully saturated rings. The normalized spacial score (nSPS) is 15.2. The minimum atomic E-state index is -1.52. The summed E-state index contributed by atoms with van der Waals surface area (Å²) in [6, 6.07) is -17.5. The third-order valence-electron chi connectivity index (χ3n) is 19.6. The number of primary amides is 1. The van der Waals surface area contributed by atoms with Crippen LogP contribution in [0, 0.1) is 47.3 Å². The molecule has 14 amide bonds. The minimum Gasteiger partial charge on any atom is -0.481 e.